The van der Waals surface area contributed by atoms with Crippen LogP contribution in [-0.4, -0.2) is 37.9 Å². The van der Waals surface area contributed by atoms with Crippen LogP contribution in [0.1, 0.15) is 290 Å². The molecule has 0 aromatic carbocycles. The molecule has 0 aromatic heterocycles. The Kier molecular flexibility index (Phi) is 54.9. The molecule has 5 nitrogen and oxygen atoms in total. The van der Waals surface area contributed by atoms with Gasteiger partial charge in [-0.05, 0) is 70.6 Å². The highest BCUT2D eigenvalue weighted by atomic mass is 16.6. The topological polar surface area (TPSA) is 61.8 Å². The largest absolute Gasteiger partial charge is 0.462 e. The van der Waals surface area contributed by atoms with E-state index in [-0.39, 0.29) is 25.2 Å². The maximum Gasteiger partial charge on any atom is 0.306 e. The Hall–Kier alpha value is -2.40. The van der Waals surface area contributed by atoms with Crippen molar-refractivity contribution in [3.05, 3.63) is 60.8 Å². The van der Waals surface area contributed by atoms with Crippen molar-refractivity contribution in [2.75, 3.05) is 19.8 Å². The zero-order valence-corrected chi connectivity index (χ0v) is 44.2. The quantitative estimate of drug-likeness (QED) is 0.0346. The minimum atomic E-state index is -0.574. The number of rotatable bonds is 53. The van der Waals surface area contributed by atoms with Crippen LogP contribution in [0.15, 0.2) is 60.8 Å². The predicted octanol–water partition coefficient (Wildman–Crippen LogP) is 19.7. The summed E-state index contributed by atoms with van der Waals surface area (Å²) < 4.78 is 17.4. The molecule has 1 atom stereocenters. The predicted molar refractivity (Wildman–Crippen MR) is 288 cm³/mol. The van der Waals surface area contributed by atoms with Crippen LogP contribution < -0.4 is 0 Å². The van der Waals surface area contributed by atoms with E-state index in [1.54, 1.807) is 0 Å². The Balaban J connectivity index is 4.26. The van der Waals surface area contributed by atoms with Crippen molar-refractivity contribution >= 4 is 11.9 Å². The molecule has 0 N–H and O–H groups in total. The molecule has 384 valence electrons. The summed E-state index contributed by atoms with van der Waals surface area (Å²) in [6.07, 6.45) is 72.6. The first-order valence-electron chi connectivity index (χ1n) is 28.8. The molecule has 0 spiro atoms. The number of carbonyl (C=O) groups excluding carboxylic acids is 2. The Morgan fingerprint density at radius 2 is 0.712 bits per heavy atom. The van der Waals surface area contributed by atoms with Crippen LogP contribution in [0.5, 0.6) is 0 Å². The normalized spacial score (nSPS) is 12.6. The van der Waals surface area contributed by atoms with Crippen LogP contribution >= 0.6 is 0 Å². The fourth-order valence-corrected chi connectivity index (χ4v) is 8.29. The van der Waals surface area contributed by atoms with Crippen LogP contribution in [0.4, 0.5) is 0 Å². The lowest BCUT2D eigenvalue weighted by Crippen LogP contribution is -2.30. The fraction of sp³-hybridized carbons (Fsp3) is 0.803. The zero-order valence-electron chi connectivity index (χ0n) is 44.2. The van der Waals surface area contributed by atoms with Gasteiger partial charge in [0.1, 0.15) is 6.61 Å². The number of ether oxygens (including phenoxy) is 3. The lowest BCUT2D eigenvalue weighted by Gasteiger charge is -2.18. The van der Waals surface area contributed by atoms with Gasteiger partial charge >= 0.3 is 11.9 Å². The van der Waals surface area contributed by atoms with Crippen molar-refractivity contribution in [2.24, 2.45) is 0 Å². The van der Waals surface area contributed by atoms with Gasteiger partial charge in [0.15, 0.2) is 6.10 Å². The molecule has 66 heavy (non-hydrogen) atoms. The molecule has 0 radical (unpaired) electrons. The van der Waals surface area contributed by atoms with E-state index < -0.39 is 6.10 Å². The van der Waals surface area contributed by atoms with E-state index in [4.69, 9.17) is 14.2 Å². The van der Waals surface area contributed by atoms with Crippen molar-refractivity contribution in [3.8, 4) is 0 Å². The van der Waals surface area contributed by atoms with E-state index in [1.165, 1.54) is 199 Å². The fourth-order valence-electron chi connectivity index (χ4n) is 8.29. The van der Waals surface area contributed by atoms with E-state index in [0.29, 0.717) is 25.9 Å². The number of hydrogen-bond acceptors (Lipinski definition) is 5. The molecular weight excluding hydrogens is 813 g/mol. The second-order valence-electron chi connectivity index (χ2n) is 19.2. The van der Waals surface area contributed by atoms with Gasteiger partial charge in [-0.1, -0.05) is 268 Å². The van der Waals surface area contributed by atoms with Crippen LogP contribution in [-0.2, 0) is 23.8 Å². The average molecular weight is 924 g/mol. The van der Waals surface area contributed by atoms with Crippen LogP contribution in [0.2, 0.25) is 0 Å². The van der Waals surface area contributed by atoms with Gasteiger partial charge in [-0.25, -0.2) is 0 Å². The maximum absolute atomic E-state index is 12.8. The Morgan fingerprint density at radius 3 is 1.15 bits per heavy atom. The van der Waals surface area contributed by atoms with Gasteiger partial charge in [0.05, 0.1) is 6.61 Å². The van der Waals surface area contributed by atoms with Gasteiger partial charge < -0.3 is 14.2 Å². The number of carbonyl (C=O) groups is 2. The van der Waals surface area contributed by atoms with Crippen LogP contribution in [0, 0.1) is 0 Å². The number of allylic oxidation sites excluding steroid dienone is 10. The van der Waals surface area contributed by atoms with Gasteiger partial charge in [0.25, 0.3) is 0 Å². The first-order valence-corrected chi connectivity index (χ1v) is 28.8. The lowest BCUT2D eigenvalue weighted by atomic mass is 10.0. The molecule has 0 heterocycles. The first kappa shape index (κ1) is 63.6. The van der Waals surface area contributed by atoms with Crippen molar-refractivity contribution in [1.29, 1.82) is 0 Å². The van der Waals surface area contributed by atoms with Crippen molar-refractivity contribution in [1.82, 2.24) is 0 Å². The molecule has 0 saturated heterocycles. The molecule has 0 rings (SSSR count). The summed E-state index contributed by atoms with van der Waals surface area (Å²) >= 11 is 0. The Morgan fingerprint density at radius 1 is 0.348 bits per heavy atom. The summed E-state index contributed by atoms with van der Waals surface area (Å²) in [5.74, 6) is -0.478. The molecule has 0 aliphatic carbocycles. The molecule has 1 unspecified atom stereocenters. The third kappa shape index (κ3) is 54.2. The molecular formula is C61H110O5. The monoisotopic (exact) mass is 923 g/mol. The number of hydrogen-bond donors (Lipinski definition) is 0. The lowest BCUT2D eigenvalue weighted by molar-refractivity contribution is -0.162. The van der Waals surface area contributed by atoms with Gasteiger partial charge in [-0.15, -0.1) is 0 Å². The smallest absolute Gasteiger partial charge is 0.306 e. The Labute approximate surface area is 411 Å². The molecule has 0 aromatic rings. The average Bonchev–Trinajstić information content (AvgIpc) is 3.32. The van der Waals surface area contributed by atoms with E-state index in [0.717, 1.165) is 51.4 Å². The highest BCUT2D eigenvalue weighted by Gasteiger charge is 2.17. The van der Waals surface area contributed by atoms with Crippen molar-refractivity contribution in [3.63, 3.8) is 0 Å². The van der Waals surface area contributed by atoms with Gasteiger partial charge in [-0.3, -0.25) is 9.59 Å². The summed E-state index contributed by atoms with van der Waals surface area (Å²) in [5, 5.41) is 0. The summed E-state index contributed by atoms with van der Waals surface area (Å²) in [6.45, 7) is 7.67. The van der Waals surface area contributed by atoms with E-state index in [2.05, 4.69) is 75.5 Å². The summed E-state index contributed by atoms with van der Waals surface area (Å²) in [5.41, 5.74) is 0. The molecule has 0 aliphatic rings. The van der Waals surface area contributed by atoms with Crippen LogP contribution in [0.25, 0.3) is 0 Å². The molecule has 0 aliphatic heterocycles. The molecule has 0 amide bonds. The second-order valence-corrected chi connectivity index (χ2v) is 19.2. The summed E-state index contributed by atoms with van der Waals surface area (Å²) in [6, 6.07) is 0. The van der Waals surface area contributed by atoms with Gasteiger partial charge in [0.2, 0.25) is 0 Å². The summed E-state index contributed by atoms with van der Waals surface area (Å²) in [4.78, 5) is 25.4. The number of unbranched alkanes of at least 4 members (excludes halogenated alkanes) is 32. The molecule has 5 heteroatoms. The van der Waals surface area contributed by atoms with E-state index in [9.17, 15) is 9.59 Å². The first-order chi connectivity index (χ1) is 32.6. The van der Waals surface area contributed by atoms with Crippen molar-refractivity contribution < 1.29 is 23.8 Å². The minimum Gasteiger partial charge on any atom is -0.462 e. The number of esters is 2. The van der Waals surface area contributed by atoms with E-state index >= 15 is 0 Å². The zero-order chi connectivity index (χ0) is 47.7. The standard InChI is InChI=1S/C61H110O5/c1-4-7-10-13-16-19-22-25-27-29-30-31-33-35-38-41-44-47-50-53-56-64-57-59(66-61(63)55-52-49-46-43-40-36-24-21-18-15-12-9-6-3)58-65-60(62)54-51-48-45-42-39-37-34-32-28-26-23-20-17-14-11-8-5-2/h9,12,18,21,25,27,36,40,46,49,59H,4-8,10-11,13-17,19-20,22-24,26,28-35,37-39,41-45,47-48,50-58H2,1-3H3/b12-9-,21-18-,27-25-,40-36-,49-46-. The highest BCUT2D eigenvalue weighted by molar-refractivity contribution is 5.70. The Bertz CT molecular complexity index is 1130. The second kappa shape index (κ2) is 56.9. The van der Waals surface area contributed by atoms with Gasteiger partial charge in [-0.2, -0.15) is 0 Å². The molecule has 0 saturated carbocycles. The summed E-state index contributed by atoms with van der Waals surface area (Å²) in [7, 11) is 0. The third-order valence-corrected chi connectivity index (χ3v) is 12.6. The molecule has 0 bridgehead atoms. The molecule has 0 fully saturated rings. The maximum atomic E-state index is 12.8. The van der Waals surface area contributed by atoms with Crippen molar-refractivity contribution in [2.45, 2.75) is 297 Å². The SMILES string of the molecule is CC/C=C\C/C=C\C/C=C\C/C=C\CCC(=O)OC(COCCCCCCCCCCCC/C=C\CCCCCCCC)COC(=O)CCCCCCCCCCCCCCCCCCC. The van der Waals surface area contributed by atoms with E-state index in [1.807, 2.05) is 6.08 Å². The third-order valence-electron chi connectivity index (χ3n) is 12.6. The highest BCUT2D eigenvalue weighted by Crippen LogP contribution is 2.16. The minimum absolute atomic E-state index is 0.0590. The van der Waals surface area contributed by atoms with Crippen LogP contribution in [0.3, 0.4) is 0 Å². The van der Waals surface area contributed by atoms with Gasteiger partial charge in [0, 0.05) is 19.4 Å².